The van der Waals surface area contributed by atoms with E-state index in [0.717, 1.165) is 24.0 Å². The van der Waals surface area contributed by atoms with Crippen LogP contribution in [0.4, 0.5) is 0 Å². The monoisotopic (exact) mass is 343 g/mol. The van der Waals surface area contributed by atoms with Crippen LogP contribution < -0.4 is 10.1 Å². The predicted molar refractivity (Wildman–Crippen MR) is 96.3 cm³/mol. The molecule has 1 fully saturated rings. The van der Waals surface area contributed by atoms with Gasteiger partial charge >= 0.3 is 0 Å². The number of benzene rings is 2. The topological polar surface area (TPSA) is 38.3 Å². The molecular formula is C20H22ClNO2. The molecule has 3 rings (SSSR count). The average Bonchev–Trinajstić information content (AvgIpc) is 3.40. The standard InChI is InChI=1S/C20H22ClNO2/c1-13-3-11-18(12-4-13)24-14(2)20(23)22-19(15-5-6-15)16-7-9-17(21)10-8-16/h3-4,7-12,14-15,19H,5-6H2,1-2H3,(H,22,23)/t14-,19+/m0/s1. The second kappa shape index (κ2) is 7.27. The second-order valence-corrected chi connectivity index (χ2v) is 6.88. The average molecular weight is 344 g/mol. The molecule has 2 aromatic rings. The summed E-state index contributed by atoms with van der Waals surface area (Å²) in [6.07, 6.45) is 1.74. The van der Waals surface area contributed by atoms with E-state index in [-0.39, 0.29) is 11.9 Å². The number of hydrogen-bond donors (Lipinski definition) is 1. The third-order valence-corrected chi connectivity index (χ3v) is 4.58. The van der Waals surface area contributed by atoms with Gasteiger partial charge in [-0.25, -0.2) is 0 Å². The number of hydrogen-bond acceptors (Lipinski definition) is 2. The third-order valence-electron chi connectivity index (χ3n) is 4.32. The summed E-state index contributed by atoms with van der Waals surface area (Å²) in [7, 11) is 0. The molecule has 126 valence electrons. The highest BCUT2D eigenvalue weighted by Crippen LogP contribution is 2.41. The van der Waals surface area contributed by atoms with E-state index in [1.165, 1.54) is 0 Å². The number of halogens is 1. The first kappa shape index (κ1) is 16.8. The smallest absolute Gasteiger partial charge is 0.261 e. The number of carbonyl (C=O) groups excluding carboxylic acids is 1. The maximum Gasteiger partial charge on any atom is 0.261 e. The Labute approximate surface area is 148 Å². The third kappa shape index (κ3) is 4.30. The number of rotatable bonds is 6. The van der Waals surface area contributed by atoms with Crippen LogP contribution in [0.5, 0.6) is 5.75 Å². The van der Waals surface area contributed by atoms with Crippen LogP contribution in [-0.4, -0.2) is 12.0 Å². The predicted octanol–water partition coefficient (Wildman–Crippen LogP) is 4.68. The fourth-order valence-electron chi connectivity index (χ4n) is 2.72. The first-order chi connectivity index (χ1) is 11.5. The lowest BCUT2D eigenvalue weighted by Crippen LogP contribution is -2.39. The number of amides is 1. The Balaban J connectivity index is 1.64. The molecule has 3 nitrogen and oxygen atoms in total. The van der Waals surface area contributed by atoms with Crippen molar-refractivity contribution in [2.45, 2.75) is 38.8 Å². The van der Waals surface area contributed by atoms with Gasteiger partial charge in [-0.05, 0) is 62.4 Å². The first-order valence-electron chi connectivity index (χ1n) is 8.32. The Kier molecular flexibility index (Phi) is 5.10. The summed E-state index contributed by atoms with van der Waals surface area (Å²) in [4.78, 5) is 12.5. The van der Waals surface area contributed by atoms with Crippen LogP contribution in [0.25, 0.3) is 0 Å². The van der Waals surface area contributed by atoms with Crippen LogP contribution >= 0.6 is 11.6 Å². The van der Waals surface area contributed by atoms with Crippen LogP contribution in [0.15, 0.2) is 48.5 Å². The van der Waals surface area contributed by atoms with Gasteiger partial charge in [-0.15, -0.1) is 0 Å². The maximum absolute atomic E-state index is 12.5. The summed E-state index contributed by atoms with van der Waals surface area (Å²) < 4.78 is 5.75. The van der Waals surface area contributed by atoms with E-state index in [0.29, 0.717) is 16.7 Å². The Morgan fingerprint density at radius 3 is 2.33 bits per heavy atom. The van der Waals surface area contributed by atoms with Crippen molar-refractivity contribution in [3.63, 3.8) is 0 Å². The summed E-state index contributed by atoms with van der Waals surface area (Å²) in [5.41, 5.74) is 2.26. The molecule has 0 bridgehead atoms. The number of carbonyl (C=O) groups is 1. The lowest BCUT2D eigenvalue weighted by Gasteiger charge is -2.22. The van der Waals surface area contributed by atoms with Gasteiger partial charge < -0.3 is 10.1 Å². The van der Waals surface area contributed by atoms with E-state index in [1.54, 1.807) is 6.92 Å². The molecule has 1 amide bonds. The van der Waals surface area contributed by atoms with Crippen LogP contribution in [-0.2, 0) is 4.79 Å². The minimum Gasteiger partial charge on any atom is -0.481 e. The molecule has 0 radical (unpaired) electrons. The van der Waals surface area contributed by atoms with E-state index < -0.39 is 6.10 Å². The van der Waals surface area contributed by atoms with Crippen molar-refractivity contribution >= 4 is 17.5 Å². The summed E-state index contributed by atoms with van der Waals surface area (Å²) in [5, 5.41) is 3.84. The largest absolute Gasteiger partial charge is 0.481 e. The number of aryl methyl sites for hydroxylation is 1. The van der Waals surface area contributed by atoms with Crippen LogP contribution in [0.3, 0.4) is 0 Å². The molecule has 0 unspecified atom stereocenters. The van der Waals surface area contributed by atoms with Gasteiger partial charge in [-0.1, -0.05) is 41.4 Å². The summed E-state index contributed by atoms with van der Waals surface area (Å²) in [5.74, 6) is 1.11. The highest BCUT2D eigenvalue weighted by molar-refractivity contribution is 6.30. The van der Waals surface area contributed by atoms with Gasteiger partial charge in [0.05, 0.1) is 6.04 Å². The summed E-state index contributed by atoms with van der Waals surface area (Å²) in [6, 6.07) is 15.4. The van der Waals surface area contributed by atoms with E-state index in [1.807, 2.05) is 55.5 Å². The Morgan fingerprint density at radius 1 is 1.12 bits per heavy atom. The van der Waals surface area contributed by atoms with Gasteiger partial charge in [-0.2, -0.15) is 0 Å². The van der Waals surface area contributed by atoms with Crippen molar-refractivity contribution in [3.8, 4) is 5.75 Å². The fraction of sp³-hybridized carbons (Fsp3) is 0.350. The zero-order valence-electron chi connectivity index (χ0n) is 14.0. The molecule has 2 aromatic carbocycles. The molecule has 0 aromatic heterocycles. The van der Waals surface area contributed by atoms with Crippen molar-refractivity contribution in [3.05, 3.63) is 64.7 Å². The molecule has 0 heterocycles. The first-order valence-corrected chi connectivity index (χ1v) is 8.70. The van der Waals surface area contributed by atoms with Crippen molar-refractivity contribution in [2.24, 2.45) is 5.92 Å². The molecular weight excluding hydrogens is 322 g/mol. The van der Waals surface area contributed by atoms with Gasteiger partial charge in [0, 0.05) is 5.02 Å². The molecule has 4 heteroatoms. The summed E-state index contributed by atoms with van der Waals surface area (Å²) >= 11 is 5.96. The SMILES string of the molecule is Cc1ccc(O[C@@H](C)C(=O)N[C@@H](c2ccc(Cl)cc2)C2CC2)cc1. The van der Waals surface area contributed by atoms with E-state index >= 15 is 0 Å². The molecule has 0 aliphatic heterocycles. The molecule has 1 aliphatic rings. The van der Waals surface area contributed by atoms with Crippen LogP contribution in [0.2, 0.25) is 5.02 Å². The normalized spacial score (nSPS) is 16.3. The summed E-state index contributed by atoms with van der Waals surface area (Å²) in [6.45, 7) is 3.80. The van der Waals surface area contributed by atoms with Gasteiger partial charge in [0.25, 0.3) is 5.91 Å². The molecule has 0 spiro atoms. The molecule has 1 N–H and O–H groups in total. The zero-order valence-corrected chi connectivity index (χ0v) is 14.7. The van der Waals surface area contributed by atoms with Crippen molar-refractivity contribution in [2.75, 3.05) is 0 Å². The van der Waals surface area contributed by atoms with Gasteiger partial charge in [-0.3, -0.25) is 4.79 Å². The molecule has 2 atom stereocenters. The second-order valence-electron chi connectivity index (χ2n) is 6.45. The maximum atomic E-state index is 12.5. The van der Waals surface area contributed by atoms with Gasteiger partial charge in [0.15, 0.2) is 6.10 Å². The highest BCUT2D eigenvalue weighted by atomic mass is 35.5. The Hall–Kier alpha value is -2.00. The lowest BCUT2D eigenvalue weighted by molar-refractivity contribution is -0.128. The molecule has 0 saturated heterocycles. The van der Waals surface area contributed by atoms with Gasteiger partial charge in [0.1, 0.15) is 5.75 Å². The minimum atomic E-state index is -0.541. The van der Waals surface area contributed by atoms with E-state index in [9.17, 15) is 4.79 Å². The van der Waals surface area contributed by atoms with Crippen molar-refractivity contribution in [1.29, 1.82) is 0 Å². The molecule has 24 heavy (non-hydrogen) atoms. The zero-order chi connectivity index (χ0) is 17.1. The quantitative estimate of drug-likeness (QED) is 0.826. The highest BCUT2D eigenvalue weighted by Gasteiger charge is 2.34. The number of nitrogens with one attached hydrogen (secondary N) is 1. The van der Waals surface area contributed by atoms with E-state index in [4.69, 9.17) is 16.3 Å². The Bertz CT molecular complexity index is 693. The fourth-order valence-corrected chi connectivity index (χ4v) is 2.84. The van der Waals surface area contributed by atoms with Gasteiger partial charge in [0.2, 0.25) is 0 Å². The molecule has 1 aliphatic carbocycles. The van der Waals surface area contributed by atoms with Crippen LogP contribution in [0.1, 0.15) is 36.9 Å². The minimum absolute atomic E-state index is 0.0267. The van der Waals surface area contributed by atoms with Crippen molar-refractivity contribution in [1.82, 2.24) is 5.32 Å². The lowest BCUT2D eigenvalue weighted by atomic mass is 10.0. The molecule has 1 saturated carbocycles. The van der Waals surface area contributed by atoms with Crippen LogP contribution in [0, 0.1) is 12.8 Å². The van der Waals surface area contributed by atoms with E-state index in [2.05, 4.69) is 5.32 Å². The Morgan fingerprint density at radius 2 is 1.75 bits per heavy atom. The number of ether oxygens (including phenoxy) is 1. The van der Waals surface area contributed by atoms with Crippen molar-refractivity contribution < 1.29 is 9.53 Å².